The molecule has 0 bridgehead atoms. The summed E-state index contributed by atoms with van der Waals surface area (Å²) in [5.74, 6) is 1.47. The molecule has 0 unspecified atom stereocenters. The number of rotatable bonds is 5. The van der Waals surface area contributed by atoms with E-state index in [4.69, 9.17) is 4.74 Å². The third kappa shape index (κ3) is 5.24. The Kier molecular flexibility index (Phi) is 6.75. The Labute approximate surface area is 162 Å². The minimum atomic E-state index is 0.0437. The van der Waals surface area contributed by atoms with Gasteiger partial charge in [-0.05, 0) is 50.3 Å². The Morgan fingerprint density at radius 3 is 2.56 bits per heavy atom. The van der Waals surface area contributed by atoms with Gasteiger partial charge in [0.15, 0.2) is 0 Å². The van der Waals surface area contributed by atoms with Gasteiger partial charge in [0.2, 0.25) is 5.91 Å². The fraction of sp³-hybridized carbons (Fsp3) is 0.636. The average molecular weight is 373 g/mol. The first kappa shape index (κ1) is 19.7. The number of amides is 2. The number of carbonyl (C=O) groups is 2. The summed E-state index contributed by atoms with van der Waals surface area (Å²) in [4.78, 5) is 28.8. The molecule has 2 heterocycles. The van der Waals surface area contributed by atoms with Gasteiger partial charge in [-0.15, -0.1) is 0 Å². The largest absolute Gasteiger partial charge is 0.493 e. The van der Waals surface area contributed by atoms with Crippen molar-refractivity contribution in [1.29, 1.82) is 0 Å². The van der Waals surface area contributed by atoms with E-state index < -0.39 is 0 Å². The molecule has 1 aromatic carbocycles. The van der Waals surface area contributed by atoms with Crippen molar-refractivity contribution < 1.29 is 14.3 Å². The normalized spacial score (nSPS) is 20.6. The van der Waals surface area contributed by atoms with E-state index in [1.54, 1.807) is 0 Å². The lowest BCUT2D eigenvalue weighted by atomic mass is 9.98. The summed E-state index contributed by atoms with van der Waals surface area (Å²) in [5.41, 5.74) is 0.703. The maximum atomic E-state index is 12.7. The van der Waals surface area contributed by atoms with Crippen molar-refractivity contribution in [3.05, 3.63) is 29.8 Å². The molecular weight excluding hydrogens is 340 g/mol. The molecule has 2 fully saturated rings. The SMILES string of the molecule is CC(C)C(=O)N1CCC[C@@H](COc2cccc(C(=O)N3CCCCC3)c2)C1. The minimum absolute atomic E-state index is 0.0437. The van der Waals surface area contributed by atoms with Crippen LogP contribution in [-0.4, -0.2) is 54.4 Å². The van der Waals surface area contributed by atoms with Crippen LogP contribution in [0.25, 0.3) is 0 Å². The maximum Gasteiger partial charge on any atom is 0.253 e. The minimum Gasteiger partial charge on any atom is -0.493 e. The van der Waals surface area contributed by atoms with Gasteiger partial charge >= 0.3 is 0 Å². The van der Waals surface area contributed by atoms with Gasteiger partial charge in [-0.3, -0.25) is 9.59 Å². The van der Waals surface area contributed by atoms with Gasteiger partial charge in [0.1, 0.15) is 5.75 Å². The third-order valence-corrected chi connectivity index (χ3v) is 5.53. The van der Waals surface area contributed by atoms with Gasteiger partial charge < -0.3 is 14.5 Å². The van der Waals surface area contributed by atoms with Gasteiger partial charge in [-0.25, -0.2) is 0 Å². The highest BCUT2D eigenvalue weighted by Gasteiger charge is 2.25. The average Bonchev–Trinajstić information content (AvgIpc) is 2.72. The van der Waals surface area contributed by atoms with Crippen LogP contribution in [0.3, 0.4) is 0 Å². The second-order valence-electron chi connectivity index (χ2n) is 8.14. The molecule has 0 spiro atoms. The van der Waals surface area contributed by atoms with Crippen molar-refractivity contribution in [2.75, 3.05) is 32.8 Å². The predicted molar refractivity (Wildman–Crippen MR) is 106 cm³/mol. The molecule has 1 aromatic rings. The molecule has 0 aromatic heterocycles. The maximum absolute atomic E-state index is 12.7. The van der Waals surface area contributed by atoms with Crippen LogP contribution in [0.15, 0.2) is 24.3 Å². The number of piperidine rings is 2. The summed E-state index contributed by atoms with van der Waals surface area (Å²) in [6.45, 7) is 7.82. The molecule has 2 aliphatic rings. The Hall–Kier alpha value is -2.04. The lowest BCUT2D eigenvalue weighted by molar-refractivity contribution is -0.136. The monoisotopic (exact) mass is 372 g/mol. The molecule has 0 N–H and O–H groups in total. The van der Waals surface area contributed by atoms with E-state index in [2.05, 4.69) is 0 Å². The highest BCUT2D eigenvalue weighted by Crippen LogP contribution is 2.22. The van der Waals surface area contributed by atoms with E-state index in [1.165, 1.54) is 6.42 Å². The van der Waals surface area contributed by atoms with Crippen molar-refractivity contribution in [3.63, 3.8) is 0 Å². The van der Waals surface area contributed by atoms with E-state index in [-0.39, 0.29) is 17.7 Å². The van der Waals surface area contributed by atoms with Gasteiger partial charge in [0, 0.05) is 43.6 Å². The zero-order valence-corrected chi connectivity index (χ0v) is 16.7. The Morgan fingerprint density at radius 1 is 1.07 bits per heavy atom. The van der Waals surface area contributed by atoms with Gasteiger partial charge in [-0.2, -0.15) is 0 Å². The zero-order valence-electron chi connectivity index (χ0n) is 16.7. The van der Waals surface area contributed by atoms with Crippen LogP contribution < -0.4 is 4.74 Å². The second-order valence-corrected chi connectivity index (χ2v) is 8.14. The predicted octanol–water partition coefficient (Wildman–Crippen LogP) is 3.59. The van der Waals surface area contributed by atoms with Crippen molar-refractivity contribution in [1.82, 2.24) is 9.80 Å². The van der Waals surface area contributed by atoms with Gasteiger partial charge in [-0.1, -0.05) is 19.9 Å². The summed E-state index contributed by atoms with van der Waals surface area (Å²) in [7, 11) is 0. The summed E-state index contributed by atoms with van der Waals surface area (Å²) in [5, 5.41) is 0. The third-order valence-electron chi connectivity index (χ3n) is 5.53. The molecule has 0 radical (unpaired) electrons. The smallest absolute Gasteiger partial charge is 0.253 e. The summed E-state index contributed by atoms with van der Waals surface area (Å²) in [6, 6.07) is 7.53. The van der Waals surface area contributed by atoms with Crippen molar-refractivity contribution in [2.45, 2.75) is 46.0 Å². The first-order valence-corrected chi connectivity index (χ1v) is 10.4. The summed E-state index contributed by atoms with van der Waals surface area (Å²) < 4.78 is 6.00. The van der Waals surface area contributed by atoms with Crippen LogP contribution >= 0.6 is 0 Å². The first-order chi connectivity index (χ1) is 13.0. The van der Waals surface area contributed by atoms with Crippen LogP contribution in [0.2, 0.25) is 0 Å². The van der Waals surface area contributed by atoms with E-state index in [9.17, 15) is 9.59 Å². The molecule has 27 heavy (non-hydrogen) atoms. The molecule has 2 amide bonds. The van der Waals surface area contributed by atoms with Crippen molar-refractivity contribution in [3.8, 4) is 5.75 Å². The molecular formula is C22H32N2O3. The second kappa shape index (κ2) is 9.25. The lowest BCUT2D eigenvalue weighted by Gasteiger charge is -2.33. The Morgan fingerprint density at radius 2 is 1.81 bits per heavy atom. The molecule has 0 saturated carbocycles. The molecule has 2 aliphatic heterocycles. The highest BCUT2D eigenvalue weighted by molar-refractivity contribution is 5.94. The topological polar surface area (TPSA) is 49.9 Å². The van der Waals surface area contributed by atoms with Crippen LogP contribution in [0.5, 0.6) is 5.75 Å². The molecule has 5 heteroatoms. The number of carbonyl (C=O) groups excluding carboxylic acids is 2. The van der Waals surface area contributed by atoms with Gasteiger partial charge in [0.05, 0.1) is 6.61 Å². The van der Waals surface area contributed by atoms with Gasteiger partial charge in [0.25, 0.3) is 5.91 Å². The Bertz CT molecular complexity index is 653. The number of benzene rings is 1. The molecule has 5 nitrogen and oxygen atoms in total. The fourth-order valence-corrected chi connectivity index (χ4v) is 3.98. The number of hydrogen-bond acceptors (Lipinski definition) is 3. The standard InChI is InChI=1S/C22H32N2O3/c1-17(2)21(25)24-13-7-8-18(15-24)16-27-20-10-6-9-19(14-20)22(26)23-11-4-3-5-12-23/h6,9-10,14,17-18H,3-5,7-8,11-13,15-16H2,1-2H3/t18-/m1/s1. The zero-order chi connectivity index (χ0) is 19.2. The summed E-state index contributed by atoms with van der Waals surface area (Å²) >= 11 is 0. The highest BCUT2D eigenvalue weighted by atomic mass is 16.5. The lowest BCUT2D eigenvalue weighted by Crippen LogP contribution is -2.43. The molecule has 2 saturated heterocycles. The van der Waals surface area contributed by atoms with Crippen molar-refractivity contribution in [2.24, 2.45) is 11.8 Å². The quantitative estimate of drug-likeness (QED) is 0.794. The van der Waals surface area contributed by atoms with E-state index >= 15 is 0 Å². The number of nitrogens with zero attached hydrogens (tertiary/aromatic N) is 2. The van der Waals surface area contributed by atoms with Crippen LogP contribution in [-0.2, 0) is 4.79 Å². The van der Waals surface area contributed by atoms with Crippen LogP contribution in [0.1, 0.15) is 56.3 Å². The molecule has 148 valence electrons. The Balaban J connectivity index is 1.55. The molecule has 0 aliphatic carbocycles. The van der Waals surface area contributed by atoms with Crippen LogP contribution in [0.4, 0.5) is 0 Å². The molecule has 3 rings (SSSR count). The van der Waals surface area contributed by atoms with E-state index in [0.717, 1.165) is 57.6 Å². The first-order valence-electron chi connectivity index (χ1n) is 10.4. The van der Waals surface area contributed by atoms with Crippen molar-refractivity contribution >= 4 is 11.8 Å². The number of likely N-dealkylation sites (tertiary alicyclic amines) is 2. The number of hydrogen-bond donors (Lipinski definition) is 0. The fourth-order valence-electron chi connectivity index (χ4n) is 3.98. The summed E-state index contributed by atoms with van der Waals surface area (Å²) in [6.07, 6.45) is 5.50. The van der Waals surface area contributed by atoms with E-state index in [0.29, 0.717) is 18.1 Å². The van der Waals surface area contributed by atoms with Crippen LogP contribution in [0, 0.1) is 11.8 Å². The number of ether oxygens (including phenoxy) is 1. The van der Waals surface area contributed by atoms with E-state index in [1.807, 2.05) is 47.9 Å². The molecule has 1 atom stereocenters.